The lowest BCUT2D eigenvalue weighted by Gasteiger charge is -2.12. The number of rotatable bonds is 1. The van der Waals surface area contributed by atoms with Crippen LogP contribution in [0.3, 0.4) is 0 Å². The zero-order valence-corrected chi connectivity index (χ0v) is 7.96. The van der Waals surface area contributed by atoms with Crippen LogP contribution in [0.25, 0.3) is 0 Å². The monoisotopic (exact) mass is 161 g/mol. The van der Waals surface area contributed by atoms with Crippen molar-refractivity contribution < 1.29 is 0 Å². The molecule has 0 N–H and O–H groups in total. The molecular weight excluding hydrogens is 146 g/mol. The zero-order chi connectivity index (χ0) is 8.77. The molecule has 1 fully saturated rings. The summed E-state index contributed by atoms with van der Waals surface area (Å²) in [4.78, 5) is 2.37. The van der Waals surface area contributed by atoms with Crippen LogP contribution in [0, 0.1) is 6.92 Å². The maximum Gasteiger partial charge on any atom is 0.0560 e. The maximum absolute atomic E-state index is 2.37. The summed E-state index contributed by atoms with van der Waals surface area (Å²) >= 11 is 0. The first kappa shape index (κ1) is 7.81. The van der Waals surface area contributed by atoms with Gasteiger partial charge in [0.1, 0.15) is 0 Å². The summed E-state index contributed by atoms with van der Waals surface area (Å²) in [7, 11) is 2.17. The second-order valence-electron chi connectivity index (χ2n) is 3.94. The highest BCUT2D eigenvalue weighted by Crippen LogP contribution is 2.41. The van der Waals surface area contributed by atoms with Gasteiger partial charge in [0, 0.05) is 6.54 Å². The molecule has 2 rings (SSSR count). The molecule has 12 heavy (non-hydrogen) atoms. The molecule has 1 saturated heterocycles. The number of aryl methyl sites for hydroxylation is 1. The smallest absolute Gasteiger partial charge is 0.0560 e. The van der Waals surface area contributed by atoms with Crippen LogP contribution in [0.1, 0.15) is 18.1 Å². The lowest BCUT2D eigenvalue weighted by Crippen LogP contribution is -2.10. The number of likely N-dealkylation sites (N-methyl/N-ethyl adjacent to an activating group) is 1. The molecule has 1 unspecified atom stereocenters. The highest BCUT2D eigenvalue weighted by Gasteiger charge is 2.46. The first-order valence-corrected chi connectivity index (χ1v) is 4.42. The summed E-state index contributed by atoms with van der Waals surface area (Å²) < 4.78 is 0. The molecule has 64 valence electrons. The molecule has 1 aliphatic heterocycles. The quantitative estimate of drug-likeness (QED) is 0.570. The van der Waals surface area contributed by atoms with Gasteiger partial charge in [0.2, 0.25) is 0 Å². The Kier molecular flexibility index (Phi) is 1.52. The summed E-state index contributed by atoms with van der Waals surface area (Å²) in [5.41, 5.74) is 3.21. The fourth-order valence-electron chi connectivity index (χ4n) is 1.89. The molecule has 0 saturated carbocycles. The summed E-state index contributed by atoms with van der Waals surface area (Å²) in [6.07, 6.45) is 0. The van der Waals surface area contributed by atoms with Crippen LogP contribution in [0.15, 0.2) is 24.3 Å². The van der Waals surface area contributed by atoms with Crippen LogP contribution < -0.4 is 0 Å². The van der Waals surface area contributed by atoms with Crippen LogP contribution >= 0.6 is 0 Å². The second kappa shape index (κ2) is 2.33. The molecule has 0 spiro atoms. The lowest BCUT2D eigenvalue weighted by atomic mass is 9.96. The van der Waals surface area contributed by atoms with E-state index in [1.54, 1.807) is 0 Å². The van der Waals surface area contributed by atoms with Crippen molar-refractivity contribution in [2.75, 3.05) is 13.6 Å². The van der Waals surface area contributed by atoms with E-state index in [1.165, 1.54) is 17.7 Å². The Morgan fingerprint density at radius 3 is 2.42 bits per heavy atom. The third kappa shape index (κ3) is 0.969. The molecule has 1 heterocycles. The van der Waals surface area contributed by atoms with Gasteiger partial charge in [-0.25, -0.2) is 0 Å². The first-order chi connectivity index (χ1) is 5.64. The van der Waals surface area contributed by atoms with Crippen molar-refractivity contribution in [3.8, 4) is 0 Å². The Bertz CT molecular complexity index is 306. The largest absolute Gasteiger partial charge is 0.294 e. The van der Waals surface area contributed by atoms with Gasteiger partial charge in [-0.3, -0.25) is 4.90 Å². The van der Waals surface area contributed by atoms with E-state index in [9.17, 15) is 0 Å². The first-order valence-electron chi connectivity index (χ1n) is 4.42. The molecule has 0 radical (unpaired) electrons. The number of nitrogens with zero attached hydrogens (tertiary/aromatic N) is 1. The van der Waals surface area contributed by atoms with Gasteiger partial charge in [-0.15, -0.1) is 0 Å². The van der Waals surface area contributed by atoms with Crippen molar-refractivity contribution in [2.24, 2.45) is 0 Å². The van der Waals surface area contributed by atoms with Crippen LogP contribution in [0.2, 0.25) is 0 Å². The van der Waals surface area contributed by atoms with Crippen molar-refractivity contribution in [2.45, 2.75) is 19.4 Å². The predicted octanol–water partition coefficient (Wildman–Crippen LogP) is 2.16. The van der Waals surface area contributed by atoms with E-state index >= 15 is 0 Å². The zero-order valence-electron chi connectivity index (χ0n) is 7.96. The highest BCUT2D eigenvalue weighted by molar-refractivity contribution is 5.36. The van der Waals surface area contributed by atoms with Gasteiger partial charge in [0.15, 0.2) is 0 Å². The number of benzene rings is 1. The van der Waals surface area contributed by atoms with Crippen LogP contribution in [0.5, 0.6) is 0 Å². The van der Waals surface area contributed by atoms with E-state index in [1.807, 2.05) is 0 Å². The Labute approximate surface area is 74.0 Å². The van der Waals surface area contributed by atoms with Crippen molar-refractivity contribution in [3.63, 3.8) is 0 Å². The van der Waals surface area contributed by atoms with E-state index in [-0.39, 0.29) is 0 Å². The van der Waals surface area contributed by atoms with E-state index in [4.69, 9.17) is 0 Å². The summed E-state index contributed by atoms with van der Waals surface area (Å²) in [5, 5.41) is 0. The van der Waals surface area contributed by atoms with E-state index in [0.717, 1.165) is 0 Å². The minimum absolute atomic E-state index is 0.325. The lowest BCUT2D eigenvalue weighted by molar-refractivity contribution is 0.513. The van der Waals surface area contributed by atoms with E-state index in [0.29, 0.717) is 5.54 Å². The minimum atomic E-state index is 0.325. The molecular formula is C11H15N. The molecule has 0 aliphatic carbocycles. The number of hydrogen-bond donors (Lipinski definition) is 0. The Morgan fingerprint density at radius 2 is 1.92 bits per heavy atom. The minimum Gasteiger partial charge on any atom is -0.294 e. The molecule has 1 heteroatoms. The molecule has 1 aliphatic rings. The average molecular weight is 161 g/mol. The van der Waals surface area contributed by atoms with Gasteiger partial charge in [-0.1, -0.05) is 24.3 Å². The highest BCUT2D eigenvalue weighted by atomic mass is 15.3. The maximum atomic E-state index is 2.37. The standard InChI is InChI=1S/C11H15N/c1-9-6-4-5-7-10(9)11(2)8-12(11)3/h4-7H,8H2,1-3H3/t11-,12?/m1/s1. The summed E-state index contributed by atoms with van der Waals surface area (Å²) in [6, 6.07) is 8.65. The van der Waals surface area contributed by atoms with Crippen LogP contribution in [-0.4, -0.2) is 18.5 Å². The van der Waals surface area contributed by atoms with Gasteiger partial charge in [-0.2, -0.15) is 0 Å². The van der Waals surface area contributed by atoms with Gasteiger partial charge < -0.3 is 0 Å². The molecule has 0 bridgehead atoms. The Hall–Kier alpha value is -0.820. The topological polar surface area (TPSA) is 3.01 Å². The molecule has 1 aromatic carbocycles. The normalized spacial score (nSPS) is 33.4. The summed E-state index contributed by atoms with van der Waals surface area (Å²) in [6.45, 7) is 5.68. The summed E-state index contributed by atoms with van der Waals surface area (Å²) in [5.74, 6) is 0. The molecule has 0 aromatic heterocycles. The van der Waals surface area contributed by atoms with E-state index < -0.39 is 0 Å². The fourth-order valence-corrected chi connectivity index (χ4v) is 1.89. The molecule has 1 nitrogen and oxygen atoms in total. The molecule has 1 aromatic rings. The third-order valence-electron chi connectivity index (χ3n) is 3.01. The fraction of sp³-hybridized carbons (Fsp3) is 0.455. The molecule has 0 amide bonds. The average Bonchev–Trinajstić information content (AvgIpc) is 2.61. The van der Waals surface area contributed by atoms with Gasteiger partial charge in [0.05, 0.1) is 5.54 Å². The van der Waals surface area contributed by atoms with Crippen LogP contribution in [0.4, 0.5) is 0 Å². The second-order valence-corrected chi connectivity index (χ2v) is 3.94. The predicted molar refractivity (Wildman–Crippen MR) is 51.2 cm³/mol. The van der Waals surface area contributed by atoms with Crippen molar-refractivity contribution in [1.29, 1.82) is 0 Å². The van der Waals surface area contributed by atoms with Gasteiger partial charge >= 0.3 is 0 Å². The van der Waals surface area contributed by atoms with Gasteiger partial charge in [-0.05, 0) is 32.0 Å². The Balaban J connectivity index is 2.41. The SMILES string of the molecule is Cc1ccccc1[C@@]1(C)CN1C. The number of hydrogen-bond acceptors (Lipinski definition) is 1. The van der Waals surface area contributed by atoms with E-state index in [2.05, 4.69) is 50.1 Å². The van der Waals surface area contributed by atoms with Crippen molar-refractivity contribution in [1.82, 2.24) is 4.90 Å². The van der Waals surface area contributed by atoms with Crippen molar-refractivity contribution in [3.05, 3.63) is 35.4 Å². The van der Waals surface area contributed by atoms with Gasteiger partial charge in [0.25, 0.3) is 0 Å². The molecule has 2 atom stereocenters. The van der Waals surface area contributed by atoms with Crippen LogP contribution in [-0.2, 0) is 5.54 Å². The van der Waals surface area contributed by atoms with Crippen molar-refractivity contribution >= 4 is 0 Å². The Morgan fingerprint density at radius 1 is 1.33 bits per heavy atom. The third-order valence-corrected chi connectivity index (χ3v) is 3.01.